The normalized spacial score (nSPS) is 9.57. The Bertz CT molecular complexity index is 183. The van der Waals surface area contributed by atoms with Crippen molar-refractivity contribution < 1.29 is 14.7 Å². The fraction of sp³-hybridized carbons (Fsp3) is 0.778. The number of amides is 2. The molecule has 82 valence electrons. The van der Waals surface area contributed by atoms with Gasteiger partial charge in [-0.25, -0.2) is 0 Å². The van der Waals surface area contributed by atoms with Gasteiger partial charge in [-0.1, -0.05) is 0 Å². The van der Waals surface area contributed by atoms with E-state index in [1.54, 1.807) is 7.05 Å². The van der Waals surface area contributed by atoms with Crippen molar-refractivity contribution in [1.82, 2.24) is 10.6 Å². The summed E-state index contributed by atoms with van der Waals surface area (Å²) in [5.74, 6) is -0.150. The Morgan fingerprint density at radius 1 is 1.14 bits per heavy atom. The highest BCUT2D eigenvalue weighted by Gasteiger charge is 2.01. The van der Waals surface area contributed by atoms with Crippen LogP contribution in [0.5, 0.6) is 0 Å². The Morgan fingerprint density at radius 3 is 2.43 bits per heavy atom. The highest BCUT2D eigenvalue weighted by molar-refractivity contribution is 5.78. The van der Waals surface area contributed by atoms with Gasteiger partial charge in [0.2, 0.25) is 11.8 Å². The SMILES string of the molecule is CNC(=O)CCNC(=O)CCCCO. The van der Waals surface area contributed by atoms with Gasteiger partial charge in [0, 0.05) is 33.0 Å². The Labute approximate surface area is 83.9 Å². The summed E-state index contributed by atoms with van der Waals surface area (Å²) in [5, 5.41) is 13.6. The second kappa shape index (κ2) is 8.50. The fourth-order valence-corrected chi connectivity index (χ4v) is 0.926. The molecule has 5 nitrogen and oxygen atoms in total. The molecule has 0 spiro atoms. The Kier molecular flexibility index (Phi) is 7.83. The highest BCUT2D eigenvalue weighted by Crippen LogP contribution is 1.93. The van der Waals surface area contributed by atoms with E-state index < -0.39 is 0 Å². The maximum absolute atomic E-state index is 11.1. The summed E-state index contributed by atoms with van der Waals surface area (Å²) in [5.41, 5.74) is 0. The first kappa shape index (κ1) is 12.9. The van der Waals surface area contributed by atoms with Crippen LogP contribution in [-0.2, 0) is 9.59 Å². The van der Waals surface area contributed by atoms with Gasteiger partial charge in [0.1, 0.15) is 0 Å². The van der Waals surface area contributed by atoms with E-state index in [0.717, 1.165) is 0 Å². The molecule has 0 saturated heterocycles. The smallest absolute Gasteiger partial charge is 0.221 e. The summed E-state index contributed by atoms with van der Waals surface area (Å²) in [6, 6.07) is 0. The van der Waals surface area contributed by atoms with Crippen LogP contribution in [0.15, 0.2) is 0 Å². The second-order valence-electron chi connectivity index (χ2n) is 2.95. The molecule has 3 N–H and O–H groups in total. The molecule has 0 fully saturated rings. The quantitative estimate of drug-likeness (QED) is 0.482. The molecule has 0 heterocycles. The van der Waals surface area contributed by atoms with Crippen molar-refractivity contribution in [1.29, 1.82) is 0 Å². The molecule has 0 aliphatic heterocycles. The van der Waals surface area contributed by atoms with Crippen molar-refractivity contribution in [3.05, 3.63) is 0 Å². The summed E-state index contributed by atoms with van der Waals surface area (Å²) in [7, 11) is 1.56. The second-order valence-corrected chi connectivity index (χ2v) is 2.95. The van der Waals surface area contributed by atoms with Crippen LogP contribution in [0.4, 0.5) is 0 Å². The largest absolute Gasteiger partial charge is 0.396 e. The molecule has 0 aromatic rings. The lowest BCUT2D eigenvalue weighted by atomic mass is 10.2. The number of hydrogen-bond acceptors (Lipinski definition) is 3. The van der Waals surface area contributed by atoms with Crippen molar-refractivity contribution >= 4 is 11.8 Å². The lowest BCUT2D eigenvalue weighted by Gasteiger charge is -2.03. The first-order valence-electron chi connectivity index (χ1n) is 4.79. The minimum atomic E-state index is -0.0827. The molecule has 0 rings (SSSR count). The minimum absolute atomic E-state index is 0.0673. The average molecular weight is 202 g/mol. The summed E-state index contributed by atoms with van der Waals surface area (Å²) in [6.45, 7) is 0.489. The number of nitrogens with one attached hydrogen (secondary N) is 2. The van der Waals surface area contributed by atoms with Crippen LogP contribution in [0.1, 0.15) is 25.7 Å². The van der Waals surface area contributed by atoms with Crippen LogP contribution in [0, 0.1) is 0 Å². The Balaban J connectivity index is 3.31. The highest BCUT2D eigenvalue weighted by atomic mass is 16.3. The number of rotatable bonds is 7. The molecule has 0 aromatic carbocycles. The molecule has 0 atom stereocenters. The third-order valence-corrected chi connectivity index (χ3v) is 1.77. The number of hydrogen-bond donors (Lipinski definition) is 3. The van der Waals surface area contributed by atoms with Gasteiger partial charge in [0.25, 0.3) is 0 Å². The van der Waals surface area contributed by atoms with E-state index >= 15 is 0 Å². The molecular weight excluding hydrogens is 184 g/mol. The zero-order valence-electron chi connectivity index (χ0n) is 8.51. The summed E-state index contributed by atoms with van der Waals surface area (Å²) >= 11 is 0. The van der Waals surface area contributed by atoms with E-state index in [2.05, 4.69) is 10.6 Å². The van der Waals surface area contributed by atoms with E-state index in [4.69, 9.17) is 5.11 Å². The van der Waals surface area contributed by atoms with Gasteiger partial charge in [-0.15, -0.1) is 0 Å². The summed E-state index contributed by atoms with van der Waals surface area (Å²) < 4.78 is 0. The van der Waals surface area contributed by atoms with Gasteiger partial charge in [-0.05, 0) is 12.8 Å². The molecule has 0 bridgehead atoms. The van der Waals surface area contributed by atoms with Gasteiger partial charge < -0.3 is 15.7 Å². The molecule has 0 aliphatic rings. The minimum Gasteiger partial charge on any atom is -0.396 e. The Hall–Kier alpha value is -1.10. The van der Waals surface area contributed by atoms with E-state index in [0.29, 0.717) is 32.2 Å². The van der Waals surface area contributed by atoms with Gasteiger partial charge >= 0.3 is 0 Å². The number of aliphatic hydroxyl groups is 1. The van der Waals surface area contributed by atoms with Gasteiger partial charge in [-0.2, -0.15) is 0 Å². The first-order valence-corrected chi connectivity index (χ1v) is 4.79. The zero-order chi connectivity index (χ0) is 10.8. The first-order chi connectivity index (χ1) is 6.70. The number of carbonyl (C=O) groups is 2. The average Bonchev–Trinajstić information content (AvgIpc) is 2.18. The van der Waals surface area contributed by atoms with Crippen molar-refractivity contribution in [3.8, 4) is 0 Å². The van der Waals surface area contributed by atoms with Crippen molar-refractivity contribution in [2.75, 3.05) is 20.2 Å². The standard InChI is InChI=1S/C9H18N2O3/c1-10-8(13)5-6-11-9(14)4-2-3-7-12/h12H,2-7H2,1H3,(H,10,13)(H,11,14). The molecule has 0 aliphatic carbocycles. The lowest BCUT2D eigenvalue weighted by Crippen LogP contribution is -2.28. The monoisotopic (exact) mass is 202 g/mol. The lowest BCUT2D eigenvalue weighted by molar-refractivity contribution is -0.122. The molecule has 14 heavy (non-hydrogen) atoms. The van der Waals surface area contributed by atoms with Crippen LogP contribution in [0.25, 0.3) is 0 Å². The van der Waals surface area contributed by atoms with Crippen LogP contribution in [0.2, 0.25) is 0 Å². The molecule has 0 saturated carbocycles. The molecule has 0 radical (unpaired) electrons. The molecular formula is C9H18N2O3. The molecule has 2 amide bonds. The number of carbonyl (C=O) groups excluding carboxylic acids is 2. The summed E-state index contributed by atoms with van der Waals surface area (Å²) in [4.78, 5) is 21.8. The van der Waals surface area contributed by atoms with Gasteiger partial charge in [-0.3, -0.25) is 9.59 Å². The predicted octanol–water partition coefficient (Wildman–Crippen LogP) is -0.599. The Morgan fingerprint density at radius 2 is 1.86 bits per heavy atom. The van der Waals surface area contributed by atoms with Gasteiger partial charge in [0.05, 0.1) is 0 Å². The van der Waals surface area contributed by atoms with Gasteiger partial charge in [0.15, 0.2) is 0 Å². The van der Waals surface area contributed by atoms with E-state index in [1.807, 2.05) is 0 Å². The maximum atomic E-state index is 11.1. The van der Waals surface area contributed by atoms with E-state index in [1.165, 1.54) is 0 Å². The third kappa shape index (κ3) is 7.54. The van der Waals surface area contributed by atoms with E-state index in [9.17, 15) is 9.59 Å². The number of aliphatic hydroxyl groups excluding tert-OH is 1. The zero-order valence-corrected chi connectivity index (χ0v) is 8.51. The van der Waals surface area contributed by atoms with E-state index in [-0.39, 0.29) is 18.4 Å². The van der Waals surface area contributed by atoms with Crippen molar-refractivity contribution in [2.24, 2.45) is 0 Å². The summed E-state index contributed by atoms with van der Waals surface area (Å²) in [6.07, 6.45) is 2.04. The van der Waals surface area contributed by atoms with Crippen molar-refractivity contribution in [2.45, 2.75) is 25.7 Å². The van der Waals surface area contributed by atoms with Crippen molar-refractivity contribution in [3.63, 3.8) is 0 Å². The molecule has 5 heteroatoms. The van der Waals surface area contributed by atoms with Crippen LogP contribution < -0.4 is 10.6 Å². The molecule has 0 unspecified atom stereocenters. The van der Waals surface area contributed by atoms with Crippen LogP contribution in [-0.4, -0.2) is 37.1 Å². The maximum Gasteiger partial charge on any atom is 0.221 e. The topological polar surface area (TPSA) is 78.4 Å². The fourth-order valence-electron chi connectivity index (χ4n) is 0.926. The predicted molar refractivity (Wildman–Crippen MR) is 52.6 cm³/mol. The van der Waals surface area contributed by atoms with Crippen LogP contribution in [0.3, 0.4) is 0 Å². The molecule has 0 aromatic heterocycles. The van der Waals surface area contributed by atoms with Crippen LogP contribution >= 0.6 is 0 Å². The third-order valence-electron chi connectivity index (χ3n) is 1.77. The number of unbranched alkanes of at least 4 members (excludes halogenated alkanes) is 1.